The third kappa shape index (κ3) is 2.57. The predicted octanol–water partition coefficient (Wildman–Crippen LogP) is 3.01. The van der Waals surface area contributed by atoms with Gasteiger partial charge in [0.2, 0.25) is 0 Å². The first kappa shape index (κ1) is 12.5. The summed E-state index contributed by atoms with van der Waals surface area (Å²) >= 11 is 4.92. The lowest BCUT2D eigenvalue weighted by atomic mass is 10.2. The largest absolute Gasteiger partial charge is 0.388 e. The summed E-state index contributed by atoms with van der Waals surface area (Å²) in [4.78, 5) is 8.80. The van der Waals surface area contributed by atoms with Crippen molar-refractivity contribution >= 4 is 39.5 Å². The molecule has 4 nitrogen and oxygen atoms in total. The number of aromatic nitrogens is 2. The summed E-state index contributed by atoms with van der Waals surface area (Å²) < 4.78 is 0. The molecule has 0 bridgehead atoms. The lowest BCUT2D eigenvalue weighted by Gasteiger charge is -2.08. The molecule has 3 aromatic rings. The van der Waals surface area contributed by atoms with E-state index in [0.717, 1.165) is 22.3 Å². The minimum absolute atomic E-state index is 0.283. The topological polar surface area (TPSA) is 63.8 Å². The summed E-state index contributed by atoms with van der Waals surface area (Å²) in [5, 5.41) is 4.36. The van der Waals surface area contributed by atoms with Crippen LogP contribution in [0.15, 0.2) is 54.9 Å². The van der Waals surface area contributed by atoms with Crippen molar-refractivity contribution in [3.8, 4) is 0 Å². The van der Waals surface area contributed by atoms with Gasteiger partial charge in [-0.05, 0) is 24.3 Å². The molecule has 0 saturated heterocycles. The maximum Gasteiger partial charge on any atom is 0.122 e. The van der Waals surface area contributed by atoms with Crippen LogP contribution >= 0.6 is 12.2 Å². The number of benzene rings is 1. The molecule has 0 saturated carbocycles. The summed E-state index contributed by atoms with van der Waals surface area (Å²) in [6, 6.07) is 13.7. The number of fused-ring (bicyclic) bond motifs is 1. The van der Waals surface area contributed by atoms with Crippen LogP contribution in [0.25, 0.3) is 10.9 Å². The number of hydrogen-bond donors (Lipinski definition) is 2. The summed E-state index contributed by atoms with van der Waals surface area (Å²) in [5.41, 5.74) is 8.93. The number of hydrogen-bond acceptors (Lipinski definition) is 4. The summed E-state index contributed by atoms with van der Waals surface area (Å²) in [7, 11) is 0. The molecule has 5 heteroatoms. The average molecular weight is 280 g/mol. The lowest BCUT2D eigenvalue weighted by Crippen LogP contribution is -2.11. The van der Waals surface area contributed by atoms with Gasteiger partial charge >= 0.3 is 0 Å². The van der Waals surface area contributed by atoms with Crippen LogP contribution in [0.3, 0.4) is 0 Å². The number of nitrogens with zero attached hydrogens (tertiary/aromatic N) is 2. The van der Waals surface area contributed by atoms with Crippen molar-refractivity contribution in [2.45, 2.75) is 0 Å². The molecule has 0 fully saturated rings. The van der Waals surface area contributed by atoms with Crippen molar-refractivity contribution in [2.24, 2.45) is 5.73 Å². The van der Waals surface area contributed by atoms with Crippen LogP contribution in [0.4, 0.5) is 11.4 Å². The maximum absolute atomic E-state index is 5.58. The van der Waals surface area contributed by atoms with Crippen LogP contribution in [0.2, 0.25) is 0 Å². The van der Waals surface area contributed by atoms with E-state index in [4.69, 9.17) is 18.0 Å². The zero-order valence-electron chi connectivity index (χ0n) is 10.6. The first-order chi connectivity index (χ1) is 9.72. The minimum atomic E-state index is 0.283. The van der Waals surface area contributed by atoms with Gasteiger partial charge in [0.25, 0.3) is 0 Å². The molecule has 0 amide bonds. The molecule has 20 heavy (non-hydrogen) atoms. The number of thiocarbonyl (C=S) groups is 1. The van der Waals surface area contributed by atoms with Crippen molar-refractivity contribution in [1.29, 1.82) is 0 Å². The Balaban J connectivity index is 1.92. The minimum Gasteiger partial charge on any atom is -0.388 e. The molecule has 3 N–H and O–H groups in total. The molecule has 0 aliphatic heterocycles. The third-order valence-corrected chi connectivity index (χ3v) is 3.10. The third-order valence-electron chi connectivity index (χ3n) is 2.89. The second-order valence-corrected chi connectivity index (χ2v) is 4.78. The standard InChI is InChI=1S/C15H12N4S/c16-15(20)14-8-11(5-6-17-14)19-12-7-10-3-1-2-4-13(10)18-9-12/h1-9H,(H2,16,20)(H,17,19). The van der Waals surface area contributed by atoms with Crippen molar-refractivity contribution in [3.63, 3.8) is 0 Å². The molecule has 0 radical (unpaired) electrons. The number of nitrogens with one attached hydrogen (secondary N) is 1. The quantitative estimate of drug-likeness (QED) is 0.722. The van der Waals surface area contributed by atoms with Gasteiger partial charge in [0.05, 0.1) is 23.1 Å². The van der Waals surface area contributed by atoms with E-state index < -0.39 is 0 Å². The van der Waals surface area contributed by atoms with E-state index in [0.29, 0.717) is 5.69 Å². The molecule has 3 rings (SSSR count). The molecule has 0 aliphatic carbocycles. The van der Waals surface area contributed by atoms with E-state index in [2.05, 4.69) is 15.3 Å². The molecule has 0 spiro atoms. The van der Waals surface area contributed by atoms with E-state index in [9.17, 15) is 0 Å². The Bertz CT molecular complexity index is 785. The highest BCUT2D eigenvalue weighted by Crippen LogP contribution is 2.20. The Hall–Kier alpha value is -2.53. The van der Waals surface area contributed by atoms with Crippen molar-refractivity contribution in [1.82, 2.24) is 9.97 Å². The van der Waals surface area contributed by atoms with Gasteiger partial charge in [-0.15, -0.1) is 0 Å². The Morgan fingerprint density at radius 3 is 2.75 bits per heavy atom. The van der Waals surface area contributed by atoms with Crippen LogP contribution in [-0.4, -0.2) is 15.0 Å². The van der Waals surface area contributed by atoms with Crippen LogP contribution < -0.4 is 11.1 Å². The molecule has 98 valence electrons. The van der Waals surface area contributed by atoms with Gasteiger partial charge < -0.3 is 11.1 Å². The first-order valence-corrected chi connectivity index (χ1v) is 6.51. The van der Waals surface area contributed by atoms with E-state index in [1.807, 2.05) is 42.5 Å². The van der Waals surface area contributed by atoms with Crippen LogP contribution in [0.5, 0.6) is 0 Å². The number of para-hydroxylation sites is 1. The molecule has 2 heterocycles. The maximum atomic E-state index is 5.58. The Labute approximate surface area is 121 Å². The smallest absolute Gasteiger partial charge is 0.122 e. The van der Waals surface area contributed by atoms with E-state index in [-0.39, 0.29) is 4.99 Å². The Morgan fingerprint density at radius 1 is 1.05 bits per heavy atom. The van der Waals surface area contributed by atoms with Gasteiger partial charge in [-0.1, -0.05) is 30.4 Å². The van der Waals surface area contributed by atoms with E-state index >= 15 is 0 Å². The van der Waals surface area contributed by atoms with Gasteiger partial charge in [0.1, 0.15) is 4.99 Å². The normalized spacial score (nSPS) is 10.4. The first-order valence-electron chi connectivity index (χ1n) is 6.10. The highest BCUT2D eigenvalue weighted by molar-refractivity contribution is 7.80. The summed E-state index contributed by atoms with van der Waals surface area (Å²) in [6.45, 7) is 0. The second kappa shape index (κ2) is 5.22. The number of pyridine rings is 2. The van der Waals surface area contributed by atoms with Gasteiger partial charge in [-0.3, -0.25) is 9.97 Å². The second-order valence-electron chi connectivity index (χ2n) is 4.34. The molecule has 1 aromatic carbocycles. The van der Waals surface area contributed by atoms with Gasteiger partial charge in [-0.2, -0.15) is 0 Å². The zero-order chi connectivity index (χ0) is 13.9. The fourth-order valence-electron chi connectivity index (χ4n) is 1.95. The zero-order valence-corrected chi connectivity index (χ0v) is 11.4. The average Bonchev–Trinajstić information content (AvgIpc) is 2.47. The number of nitrogens with two attached hydrogens (primary N) is 1. The number of anilines is 2. The molecular weight excluding hydrogens is 268 g/mol. The van der Waals surface area contributed by atoms with Crippen molar-refractivity contribution in [3.05, 3.63) is 60.6 Å². The predicted molar refractivity (Wildman–Crippen MR) is 85.2 cm³/mol. The molecule has 0 unspecified atom stereocenters. The molecule has 0 aliphatic rings. The van der Waals surface area contributed by atoms with Crippen molar-refractivity contribution < 1.29 is 0 Å². The molecular formula is C15H12N4S. The van der Waals surface area contributed by atoms with Crippen molar-refractivity contribution in [2.75, 3.05) is 5.32 Å². The fraction of sp³-hybridized carbons (Fsp3) is 0. The summed E-state index contributed by atoms with van der Waals surface area (Å²) in [5.74, 6) is 0. The lowest BCUT2D eigenvalue weighted by molar-refractivity contribution is 1.29. The van der Waals surface area contributed by atoms with Gasteiger partial charge in [-0.25, -0.2) is 0 Å². The SMILES string of the molecule is NC(=S)c1cc(Nc2cnc3ccccc3c2)ccn1. The summed E-state index contributed by atoms with van der Waals surface area (Å²) in [6.07, 6.45) is 3.47. The number of rotatable bonds is 3. The van der Waals surface area contributed by atoms with Crippen LogP contribution in [0.1, 0.15) is 5.69 Å². The monoisotopic (exact) mass is 280 g/mol. The fourth-order valence-corrected chi connectivity index (χ4v) is 2.06. The molecule has 2 aromatic heterocycles. The Kier molecular flexibility index (Phi) is 3.26. The Morgan fingerprint density at radius 2 is 1.90 bits per heavy atom. The highest BCUT2D eigenvalue weighted by atomic mass is 32.1. The van der Waals surface area contributed by atoms with Crippen LogP contribution in [-0.2, 0) is 0 Å². The van der Waals surface area contributed by atoms with Crippen LogP contribution in [0, 0.1) is 0 Å². The molecule has 0 atom stereocenters. The van der Waals surface area contributed by atoms with E-state index in [1.54, 1.807) is 12.4 Å². The van der Waals surface area contributed by atoms with E-state index in [1.165, 1.54) is 0 Å². The van der Waals surface area contributed by atoms with Gasteiger partial charge in [0.15, 0.2) is 0 Å². The van der Waals surface area contributed by atoms with Gasteiger partial charge in [0, 0.05) is 17.3 Å². The highest BCUT2D eigenvalue weighted by Gasteiger charge is 2.02.